The van der Waals surface area contributed by atoms with Gasteiger partial charge in [-0.15, -0.1) is 0 Å². The van der Waals surface area contributed by atoms with Gasteiger partial charge in [-0.2, -0.15) is 24.1 Å². The van der Waals surface area contributed by atoms with Gasteiger partial charge in [0.25, 0.3) is 0 Å². The van der Waals surface area contributed by atoms with Crippen LogP contribution in [-0.2, 0) is 25.9 Å². The largest absolute Gasteiger partial charge is 0.520 e. The van der Waals surface area contributed by atoms with Gasteiger partial charge < -0.3 is 21.5 Å². The molecule has 1 saturated heterocycles. The quantitative estimate of drug-likeness (QED) is 0.413. The number of hydrogen-bond acceptors (Lipinski definition) is 3. The van der Waals surface area contributed by atoms with E-state index in [0.29, 0.717) is 13.1 Å². The van der Waals surface area contributed by atoms with Crippen LogP contribution in [0.4, 0.5) is 10.1 Å². The van der Waals surface area contributed by atoms with Crippen molar-refractivity contribution in [1.82, 2.24) is 9.88 Å². The number of hydrogen-bond donors (Lipinski definition) is 0. The third-order valence-corrected chi connectivity index (χ3v) is 4.88. The van der Waals surface area contributed by atoms with E-state index in [2.05, 4.69) is 28.9 Å². The SMILES string of the molecule is O=[C-]N1CCN(c2cnccc2-c2ccccc2)CC1.[CH2-]C[CH-]c1ccc(F)cc1.[W]. The Morgan fingerprint density at radius 2 is 1.68 bits per heavy atom. The summed E-state index contributed by atoms with van der Waals surface area (Å²) in [6.07, 6.45) is 8.37. The van der Waals surface area contributed by atoms with E-state index in [0.717, 1.165) is 30.8 Å². The zero-order valence-electron chi connectivity index (χ0n) is 17.3. The second-order valence-electron chi connectivity index (χ2n) is 6.87. The molecule has 1 fully saturated rings. The van der Waals surface area contributed by atoms with E-state index in [1.54, 1.807) is 17.0 Å². The molecule has 162 valence electrons. The van der Waals surface area contributed by atoms with E-state index < -0.39 is 0 Å². The summed E-state index contributed by atoms with van der Waals surface area (Å²) < 4.78 is 12.3. The van der Waals surface area contributed by atoms with E-state index in [1.807, 2.05) is 49.5 Å². The molecule has 2 heterocycles. The first-order chi connectivity index (χ1) is 14.7. The van der Waals surface area contributed by atoms with Crippen LogP contribution in [0.1, 0.15) is 12.0 Å². The average molecular weight is 586 g/mol. The summed E-state index contributed by atoms with van der Waals surface area (Å²) in [5, 5.41) is 0. The number of pyridine rings is 1. The number of anilines is 1. The van der Waals surface area contributed by atoms with Crippen molar-refractivity contribution in [2.45, 2.75) is 6.42 Å². The van der Waals surface area contributed by atoms with Gasteiger partial charge in [0.05, 0.1) is 17.7 Å². The zero-order chi connectivity index (χ0) is 21.2. The minimum absolute atomic E-state index is 0. The van der Waals surface area contributed by atoms with Crippen LogP contribution < -0.4 is 4.90 Å². The molecule has 1 aliphatic rings. The number of aromatic nitrogens is 1. The Morgan fingerprint density at radius 3 is 2.29 bits per heavy atom. The number of halogens is 1. The number of nitrogens with zero attached hydrogens (tertiary/aromatic N) is 3. The summed E-state index contributed by atoms with van der Waals surface area (Å²) in [5.41, 5.74) is 4.53. The topological polar surface area (TPSA) is 36.4 Å². The zero-order valence-corrected chi connectivity index (χ0v) is 20.2. The van der Waals surface area contributed by atoms with Crippen LogP contribution in [0, 0.1) is 19.2 Å². The van der Waals surface area contributed by atoms with Crippen molar-refractivity contribution in [3.63, 3.8) is 0 Å². The van der Waals surface area contributed by atoms with Gasteiger partial charge in [0.1, 0.15) is 0 Å². The Labute approximate surface area is 198 Å². The standard InChI is InChI=1S/C16H16N3O.C9H9F.W/c20-13-18-8-10-19(11-9-18)16-12-17-7-6-15(16)14-4-2-1-3-5-14;1-2-3-8-4-6-9(10)7-5-8;/h1-7,12H,8-11H2;3-7H,1-2H2;/q-1;-2;. The number of amides is 1. The van der Waals surface area contributed by atoms with Gasteiger partial charge in [0, 0.05) is 59.0 Å². The molecule has 0 aliphatic carbocycles. The Morgan fingerprint density at radius 1 is 1.00 bits per heavy atom. The summed E-state index contributed by atoms with van der Waals surface area (Å²) >= 11 is 0. The van der Waals surface area contributed by atoms with Crippen LogP contribution in [0.5, 0.6) is 0 Å². The maximum Gasteiger partial charge on any atom is 0.0987 e. The van der Waals surface area contributed by atoms with Crippen LogP contribution in [0.25, 0.3) is 11.1 Å². The molecule has 0 N–H and O–H groups in total. The fourth-order valence-electron chi connectivity index (χ4n) is 3.30. The number of piperazine rings is 1. The number of rotatable bonds is 5. The molecular formula is C25H25FN3OW-3. The van der Waals surface area contributed by atoms with Crippen LogP contribution in [0.15, 0.2) is 73.1 Å². The Balaban J connectivity index is 0.000000264. The minimum atomic E-state index is -0.193. The monoisotopic (exact) mass is 586 g/mol. The molecule has 6 heteroatoms. The van der Waals surface area contributed by atoms with Crippen molar-refractivity contribution in [3.05, 3.63) is 97.8 Å². The second kappa shape index (κ2) is 12.9. The summed E-state index contributed by atoms with van der Waals surface area (Å²) in [7, 11) is 0. The maximum absolute atomic E-state index is 12.3. The first-order valence-electron chi connectivity index (χ1n) is 9.96. The fourth-order valence-corrected chi connectivity index (χ4v) is 3.30. The number of benzene rings is 2. The summed E-state index contributed by atoms with van der Waals surface area (Å²) in [4.78, 5) is 18.9. The van der Waals surface area contributed by atoms with Crippen molar-refractivity contribution in [2.24, 2.45) is 0 Å². The van der Waals surface area contributed by atoms with Gasteiger partial charge in [-0.05, 0) is 11.6 Å². The molecule has 0 radical (unpaired) electrons. The Bertz CT molecular complexity index is 914. The van der Waals surface area contributed by atoms with Gasteiger partial charge in [0.2, 0.25) is 0 Å². The predicted molar refractivity (Wildman–Crippen MR) is 119 cm³/mol. The van der Waals surface area contributed by atoms with Crippen molar-refractivity contribution in [1.29, 1.82) is 0 Å². The molecule has 31 heavy (non-hydrogen) atoms. The van der Waals surface area contributed by atoms with E-state index in [-0.39, 0.29) is 26.9 Å². The molecule has 4 nitrogen and oxygen atoms in total. The molecular weight excluding hydrogens is 561 g/mol. The molecule has 0 unspecified atom stereocenters. The van der Waals surface area contributed by atoms with Gasteiger partial charge in [-0.3, -0.25) is 4.98 Å². The van der Waals surface area contributed by atoms with E-state index in [1.165, 1.54) is 23.3 Å². The van der Waals surface area contributed by atoms with E-state index in [4.69, 9.17) is 0 Å². The number of carbonyl (C=O) groups excluding carboxylic acids is 1. The van der Waals surface area contributed by atoms with Crippen molar-refractivity contribution in [3.8, 4) is 11.1 Å². The van der Waals surface area contributed by atoms with Crippen molar-refractivity contribution >= 4 is 12.1 Å². The second-order valence-corrected chi connectivity index (χ2v) is 6.87. The fraction of sp³-hybridized carbons (Fsp3) is 0.200. The summed E-state index contributed by atoms with van der Waals surface area (Å²) in [6.45, 7) is 6.72. The molecule has 1 aromatic heterocycles. The Kier molecular flexibility index (Phi) is 10.3. The molecule has 1 aliphatic heterocycles. The molecule has 0 atom stereocenters. The van der Waals surface area contributed by atoms with Crippen LogP contribution in [0.2, 0.25) is 0 Å². The van der Waals surface area contributed by atoms with Gasteiger partial charge in [-0.25, -0.2) is 17.2 Å². The molecule has 0 bridgehead atoms. The van der Waals surface area contributed by atoms with Crippen molar-refractivity contribution < 1.29 is 30.3 Å². The molecule has 1 amide bonds. The van der Waals surface area contributed by atoms with E-state index >= 15 is 0 Å². The van der Waals surface area contributed by atoms with Gasteiger partial charge in [-0.1, -0.05) is 42.5 Å². The predicted octanol–water partition coefficient (Wildman–Crippen LogP) is 4.54. The third-order valence-electron chi connectivity index (χ3n) is 4.88. The van der Waals surface area contributed by atoms with Gasteiger partial charge in [0.15, 0.2) is 0 Å². The van der Waals surface area contributed by atoms with Crippen LogP contribution in [-0.4, -0.2) is 42.5 Å². The summed E-state index contributed by atoms with van der Waals surface area (Å²) in [6, 6.07) is 18.7. The van der Waals surface area contributed by atoms with Gasteiger partial charge >= 0.3 is 0 Å². The van der Waals surface area contributed by atoms with Crippen LogP contribution in [0.3, 0.4) is 0 Å². The molecule has 4 rings (SSSR count). The van der Waals surface area contributed by atoms with Crippen LogP contribution >= 0.6 is 0 Å². The third kappa shape index (κ3) is 7.22. The average Bonchev–Trinajstić information content (AvgIpc) is 2.82. The normalized spacial score (nSPS) is 12.8. The Hall–Kier alpha value is -2.65. The molecule has 0 spiro atoms. The first-order valence-corrected chi connectivity index (χ1v) is 9.96. The maximum atomic E-state index is 12.3. The minimum Gasteiger partial charge on any atom is -0.520 e. The van der Waals surface area contributed by atoms with E-state index in [9.17, 15) is 9.18 Å². The first kappa shape index (κ1) is 24.6. The molecule has 3 aromatic rings. The smallest absolute Gasteiger partial charge is 0.0987 e. The summed E-state index contributed by atoms with van der Waals surface area (Å²) in [5.74, 6) is -0.193. The van der Waals surface area contributed by atoms with Crippen molar-refractivity contribution in [2.75, 3.05) is 31.1 Å². The molecule has 2 aromatic carbocycles. The molecule has 0 saturated carbocycles.